The van der Waals surface area contributed by atoms with Gasteiger partial charge in [0.15, 0.2) is 0 Å². The Morgan fingerprint density at radius 3 is 3.06 bits per heavy atom. The number of aromatic nitrogens is 2. The summed E-state index contributed by atoms with van der Waals surface area (Å²) < 4.78 is 12.4. The van der Waals surface area contributed by atoms with Crippen molar-refractivity contribution in [2.24, 2.45) is 0 Å². The van der Waals surface area contributed by atoms with Gasteiger partial charge in [-0.3, -0.25) is 14.3 Å². The molecule has 0 amide bonds. The number of aromatic amines is 1. The van der Waals surface area contributed by atoms with E-state index in [0.717, 1.165) is 0 Å². The van der Waals surface area contributed by atoms with Crippen LogP contribution in [0, 0.1) is 0 Å². The Labute approximate surface area is 110 Å². The first-order chi connectivity index (χ1) is 8.61. The average Bonchev–Trinajstić information content (AvgIpc) is 2.59. The largest absolute Gasteiger partial charge is 0.394 e. The fourth-order valence-corrected chi connectivity index (χ4v) is 2.02. The number of ether oxygens (including phenoxy) is 2. The third-order valence-electron chi connectivity index (χ3n) is 2.60. The first kappa shape index (κ1) is 13.5. The zero-order valence-corrected chi connectivity index (χ0v) is 11.1. The lowest BCUT2D eigenvalue weighted by atomic mass is 10.3. The molecule has 0 saturated carbocycles. The van der Waals surface area contributed by atoms with Crippen LogP contribution in [0.2, 0.25) is 0 Å². The monoisotopic (exact) mass is 320 g/mol. The molecule has 2 heterocycles. The van der Waals surface area contributed by atoms with Gasteiger partial charge >= 0.3 is 5.69 Å². The average molecular weight is 321 g/mol. The Kier molecular flexibility index (Phi) is 4.33. The number of H-pyrrole nitrogens is 1. The summed E-state index contributed by atoms with van der Waals surface area (Å²) in [5.74, 6) is 0. The molecular formula is C10H13BrN2O5. The van der Waals surface area contributed by atoms with E-state index in [-0.39, 0.29) is 17.7 Å². The van der Waals surface area contributed by atoms with Crippen molar-refractivity contribution in [1.29, 1.82) is 0 Å². The maximum atomic E-state index is 11.7. The number of aliphatic hydroxyl groups is 1. The minimum Gasteiger partial charge on any atom is -0.394 e. The molecule has 0 radical (unpaired) electrons. The van der Waals surface area contributed by atoms with Crippen molar-refractivity contribution in [1.82, 2.24) is 9.55 Å². The van der Waals surface area contributed by atoms with Crippen LogP contribution in [0.15, 0.2) is 20.3 Å². The van der Waals surface area contributed by atoms with Crippen molar-refractivity contribution in [3.8, 4) is 0 Å². The molecule has 0 bridgehead atoms. The van der Waals surface area contributed by atoms with E-state index >= 15 is 0 Å². The fraction of sp³-hybridized carbons (Fsp3) is 0.600. The third-order valence-corrected chi connectivity index (χ3v) is 3.17. The van der Waals surface area contributed by atoms with Gasteiger partial charge in [0.25, 0.3) is 5.56 Å². The maximum Gasteiger partial charge on any atom is 0.330 e. The molecule has 0 spiro atoms. The van der Waals surface area contributed by atoms with Crippen molar-refractivity contribution in [2.45, 2.75) is 18.8 Å². The maximum absolute atomic E-state index is 11.7. The molecule has 18 heavy (non-hydrogen) atoms. The van der Waals surface area contributed by atoms with Crippen LogP contribution >= 0.6 is 15.9 Å². The van der Waals surface area contributed by atoms with Gasteiger partial charge in [0.1, 0.15) is 12.3 Å². The van der Waals surface area contributed by atoms with Crippen LogP contribution in [-0.4, -0.2) is 40.6 Å². The predicted octanol–water partition coefficient (Wildman–Crippen LogP) is -0.404. The molecule has 1 aliphatic heterocycles. The summed E-state index contributed by atoms with van der Waals surface area (Å²) in [4.78, 5) is 25.1. The molecular weight excluding hydrogens is 308 g/mol. The first-order valence-electron chi connectivity index (χ1n) is 5.47. The SMILES string of the molecule is O=c1[nH]c(=O)n([C@@H]2CCOC[C@H](CO)O2)cc1Br. The molecule has 0 aromatic carbocycles. The molecule has 1 aromatic heterocycles. The summed E-state index contributed by atoms with van der Waals surface area (Å²) in [6, 6.07) is 0. The number of aliphatic hydroxyl groups excluding tert-OH is 1. The van der Waals surface area contributed by atoms with Gasteiger partial charge in [0, 0.05) is 12.6 Å². The summed E-state index contributed by atoms with van der Waals surface area (Å²) >= 11 is 3.06. The van der Waals surface area contributed by atoms with Crippen molar-refractivity contribution in [2.75, 3.05) is 19.8 Å². The Balaban J connectivity index is 2.32. The number of hydrogen-bond donors (Lipinski definition) is 2. The second-order valence-corrected chi connectivity index (χ2v) is 4.76. The topological polar surface area (TPSA) is 93.6 Å². The zero-order chi connectivity index (χ0) is 13.1. The lowest BCUT2D eigenvalue weighted by Crippen LogP contribution is -2.35. The van der Waals surface area contributed by atoms with Crippen LogP contribution in [0.5, 0.6) is 0 Å². The highest BCUT2D eigenvalue weighted by atomic mass is 79.9. The quantitative estimate of drug-likeness (QED) is 0.773. The molecule has 1 aliphatic rings. The first-order valence-corrected chi connectivity index (χ1v) is 6.26. The normalized spacial score (nSPS) is 24.8. The zero-order valence-electron chi connectivity index (χ0n) is 9.47. The number of hydrogen-bond acceptors (Lipinski definition) is 5. The minimum absolute atomic E-state index is 0.185. The molecule has 1 fully saturated rings. The summed E-state index contributed by atoms with van der Waals surface area (Å²) in [6.45, 7) is 0.520. The molecule has 1 aromatic rings. The minimum atomic E-state index is -0.565. The van der Waals surface area contributed by atoms with E-state index in [4.69, 9.17) is 14.6 Å². The van der Waals surface area contributed by atoms with Crippen LogP contribution in [-0.2, 0) is 9.47 Å². The molecule has 2 N–H and O–H groups in total. The molecule has 0 unspecified atom stereocenters. The fourth-order valence-electron chi connectivity index (χ4n) is 1.70. The summed E-state index contributed by atoms with van der Waals surface area (Å²) in [5.41, 5.74) is -1.04. The van der Waals surface area contributed by atoms with Gasteiger partial charge in [-0.2, -0.15) is 0 Å². The highest BCUT2D eigenvalue weighted by Gasteiger charge is 2.23. The van der Waals surface area contributed by atoms with E-state index in [1.165, 1.54) is 10.8 Å². The van der Waals surface area contributed by atoms with E-state index in [0.29, 0.717) is 13.0 Å². The van der Waals surface area contributed by atoms with E-state index in [1.807, 2.05) is 0 Å². The standard InChI is InChI=1S/C10H13BrN2O5/c11-7-3-13(10(16)12-9(7)15)8-1-2-17-5-6(4-14)18-8/h3,6,8,14H,1-2,4-5H2,(H,12,15,16)/t6-,8-/m0/s1. The van der Waals surface area contributed by atoms with Crippen molar-refractivity contribution in [3.63, 3.8) is 0 Å². The van der Waals surface area contributed by atoms with Crippen LogP contribution < -0.4 is 11.2 Å². The smallest absolute Gasteiger partial charge is 0.330 e. The predicted molar refractivity (Wildman–Crippen MR) is 65.5 cm³/mol. The van der Waals surface area contributed by atoms with E-state index in [9.17, 15) is 9.59 Å². The Bertz CT molecular complexity index is 526. The van der Waals surface area contributed by atoms with Gasteiger partial charge in [-0.15, -0.1) is 0 Å². The number of rotatable bonds is 2. The van der Waals surface area contributed by atoms with E-state index < -0.39 is 23.6 Å². The van der Waals surface area contributed by atoms with Crippen LogP contribution in [0.1, 0.15) is 12.6 Å². The van der Waals surface area contributed by atoms with E-state index in [1.54, 1.807) is 0 Å². The summed E-state index contributed by atoms with van der Waals surface area (Å²) in [6.07, 6.45) is 0.806. The number of halogens is 1. The highest BCUT2D eigenvalue weighted by Crippen LogP contribution is 2.18. The molecule has 2 atom stereocenters. The lowest BCUT2D eigenvalue weighted by molar-refractivity contribution is -0.0766. The van der Waals surface area contributed by atoms with Gasteiger partial charge in [-0.25, -0.2) is 4.79 Å². The summed E-state index contributed by atoms with van der Waals surface area (Å²) in [5, 5.41) is 9.09. The third kappa shape index (κ3) is 2.89. The van der Waals surface area contributed by atoms with Crippen molar-refractivity contribution in [3.05, 3.63) is 31.5 Å². The van der Waals surface area contributed by atoms with Gasteiger partial charge in [0.2, 0.25) is 0 Å². The van der Waals surface area contributed by atoms with E-state index in [2.05, 4.69) is 20.9 Å². The Hall–Kier alpha value is -0.960. The highest BCUT2D eigenvalue weighted by molar-refractivity contribution is 9.10. The van der Waals surface area contributed by atoms with Gasteiger partial charge in [-0.05, 0) is 15.9 Å². The second-order valence-electron chi connectivity index (χ2n) is 3.90. The Morgan fingerprint density at radius 2 is 2.33 bits per heavy atom. The lowest BCUT2D eigenvalue weighted by Gasteiger charge is -2.21. The van der Waals surface area contributed by atoms with Gasteiger partial charge < -0.3 is 14.6 Å². The summed E-state index contributed by atoms with van der Waals surface area (Å²) in [7, 11) is 0. The molecule has 2 rings (SSSR count). The van der Waals surface area contributed by atoms with Gasteiger partial charge in [-0.1, -0.05) is 0 Å². The van der Waals surface area contributed by atoms with Crippen molar-refractivity contribution < 1.29 is 14.6 Å². The number of nitrogens with one attached hydrogen (secondary N) is 1. The molecule has 100 valence electrons. The van der Waals surface area contributed by atoms with Crippen molar-refractivity contribution >= 4 is 15.9 Å². The van der Waals surface area contributed by atoms with Gasteiger partial charge in [0.05, 0.1) is 24.3 Å². The molecule has 7 nitrogen and oxygen atoms in total. The Morgan fingerprint density at radius 1 is 1.56 bits per heavy atom. The molecule has 1 saturated heterocycles. The van der Waals surface area contributed by atoms with Crippen LogP contribution in [0.25, 0.3) is 0 Å². The molecule has 8 heteroatoms. The van der Waals surface area contributed by atoms with Crippen LogP contribution in [0.4, 0.5) is 0 Å². The molecule has 0 aliphatic carbocycles. The number of nitrogens with zero attached hydrogens (tertiary/aromatic N) is 1. The van der Waals surface area contributed by atoms with Crippen LogP contribution in [0.3, 0.4) is 0 Å². The second kappa shape index (κ2) is 5.79.